The van der Waals surface area contributed by atoms with Crippen molar-refractivity contribution in [3.8, 4) is 0 Å². The van der Waals surface area contributed by atoms with E-state index in [1.54, 1.807) is 4.57 Å². The highest BCUT2D eigenvalue weighted by molar-refractivity contribution is 5.75. The zero-order chi connectivity index (χ0) is 14.4. The maximum atomic E-state index is 11.7. The molecule has 6 heteroatoms. The van der Waals surface area contributed by atoms with E-state index in [1.807, 2.05) is 31.5 Å². The molecule has 0 aliphatic heterocycles. The van der Waals surface area contributed by atoms with Gasteiger partial charge in [-0.3, -0.25) is 14.2 Å². The lowest BCUT2D eigenvalue weighted by molar-refractivity contribution is -0.121. The molecule has 2 aromatic rings. The van der Waals surface area contributed by atoms with Gasteiger partial charge in [0.05, 0.1) is 6.33 Å². The maximum absolute atomic E-state index is 11.7. The first-order valence-corrected chi connectivity index (χ1v) is 6.62. The van der Waals surface area contributed by atoms with Crippen LogP contribution in [0.5, 0.6) is 0 Å². The topological polar surface area (TPSA) is 68.9 Å². The summed E-state index contributed by atoms with van der Waals surface area (Å²) < 4.78 is 3.29. The van der Waals surface area contributed by atoms with E-state index in [1.165, 1.54) is 17.0 Å². The molecular formula is C14H18N4O2. The molecular weight excluding hydrogens is 256 g/mol. The molecule has 0 aromatic carbocycles. The number of nitrogens with one attached hydrogen (secondary N) is 1. The lowest BCUT2D eigenvalue weighted by Crippen LogP contribution is -2.32. The molecule has 0 aliphatic rings. The fourth-order valence-electron chi connectivity index (χ4n) is 1.84. The van der Waals surface area contributed by atoms with Crippen LogP contribution in [0.2, 0.25) is 0 Å². The average molecular weight is 274 g/mol. The first kappa shape index (κ1) is 14.0. The lowest BCUT2D eigenvalue weighted by Gasteiger charge is -2.08. The monoisotopic (exact) mass is 274 g/mol. The molecule has 0 atom stereocenters. The predicted molar refractivity (Wildman–Crippen MR) is 75.3 cm³/mol. The molecule has 0 fully saturated rings. The van der Waals surface area contributed by atoms with E-state index in [-0.39, 0.29) is 18.0 Å². The van der Waals surface area contributed by atoms with Gasteiger partial charge < -0.3 is 9.88 Å². The Balaban J connectivity index is 1.81. The maximum Gasteiger partial charge on any atom is 0.253 e. The molecule has 106 valence electrons. The van der Waals surface area contributed by atoms with Crippen molar-refractivity contribution in [1.82, 2.24) is 19.4 Å². The number of hydrogen-bond donors (Lipinski definition) is 1. The van der Waals surface area contributed by atoms with Gasteiger partial charge in [0, 0.05) is 37.2 Å². The van der Waals surface area contributed by atoms with Crippen LogP contribution < -0.4 is 10.9 Å². The van der Waals surface area contributed by atoms with Crippen molar-refractivity contribution in [1.29, 1.82) is 0 Å². The second kappa shape index (κ2) is 6.70. The summed E-state index contributed by atoms with van der Waals surface area (Å²) in [6.45, 7) is 3.07. The molecule has 0 unspecified atom stereocenters. The summed E-state index contributed by atoms with van der Waals surface area (Å²) in [5, 5.41) is 2.78. The Kier molecular flexibility index (Phi) is 4.70. The Morgan fingerprint density at radius 3 is 2.75 bits per heavy atom. The Morgan fingerprint density at radius 1 is 1.35 bits per heavy atom. The summed E-state index contributed by atoms with van der Waals surface area (Å²) in [4.78, 5) is 27.6. The summed E-state index contributed by atoms with van der Waals surface area (Å²) in [5.41, 5.74) is 0.694. The second-order valence-corrected chi connectivity index (χ2v) is 4.47. The van der Waals surface area contributed by atoms with Gasteiger partial charge in [-0.1, -0.05) is 6.92 Å². The van der Waals surface area contributed by atoms with E-state index in [2.05, 4.69) is 10.3 Å². The zero-order valence-electron chi connectivity index (χ0n) is 11.5. The summed E-state index contributed by atoms with van der Waals surface area (Å²) >= 11 is 0. The molecule has 0 saturated heterocycles. The minimum atomic E-state index is -0.0866. The number of amides is 1. The fourth-order valence-corrected chi connectivity index (χ4v) is 1.84. The average Bonchev–Trinajstić information content (AvgIpc) is 2.93. The van der Waals surface area contributed by atoms with Crippen LogP contribution in [0.1, 0.15) is 12.6 Å². The summed E-state index contributed by atoms with van der Waals surface area (Å²) in [6.07, 6.45) is 5.93. The SMILES string of the molecule is CCc1cc(=O)n(CCNC(=O)Cn2cccc2)cn1. The van der Waals surface area contributed by atoms with Crippen LogP contribution in [0, 0.1) is 0 Å². The van der Waals surface area contributed by atoms with Crippen molar-refractivity contribution in [2.24, 2.45) is 0 Å². The van der Waals surface area contributed by atoms with Gasteiger partial charge in [0.2, 0.25) is 5.91 Å². The van der Waals surface area contributed by atoms with Crippen molar-refractivity contribution in [3.05, 3.63) is 53.0 Å². The van der Waals surface area contributed by atoms with Crippen LogP contribution in [0.25, 0.3) is 0 Å². The number of rotatable bonds is 6. The van der Waals surface area contributed by atoms with Crippen LogP contribution in [0.4, 0.5) is 0 Å². The molecule has 1 amide bonds. The van der Waals surface area contributed by atoms with Gasteiger partial charge in [0.1, 0.15) is 6.54 Å². The number of carbonyl (C=O) groups excluding carboxylic acids is 1. The highest BCUT2D eigenvalue weighted by atomic mass is 16.2. The third-order valence-corrected chi connectivity index (χ3v) is 2.97. The minimum Gasteiger partial charge on any atom is -0.353 e. The molecule has 0 radical (unpaired) electrons. The third-order valence-electron chi connectivity index (χ3n) is 2.97. The van der Waals surface area contributed by atoms with Gasteiger partial charge in [0.25, 0.3) is 5.56 Å². The zero-order valence-corrected chi connectivity index (χ0v) is 11.5. The molecule has 2 aromatic heterocycles. The van der Waals surface area contributed by atoms with Gasteiger partial charge in [-0.25, -0.2) is 4.98 Å². The lowest BCUT2D eigenvalue weighted by atomic mass is 10.3. The first-order valence-electron chi connectivity index (χ1n) is 6.62. The summed E-state index contributed by atoms with van der Waals surface area (Å²) in [5.74, 6) is -0.0765. The number of aromatic nitrogens is 3. The van der Waals surface area contributed by atoms with Gasteiger partial charge in [-0.05, 0) is 18.6 Å². The summed E-state index contributed by atoms with van der Waals surface area (Å²) in [6, 6.07) is 5.27. The molecule has 2 rings (SSSR count). The normalized spacial score (nSPS) is 10.4. The minimum absolute atomic E-state index is 0.0765. The van der Waals surface area contributed by atoms with Crippen LogP contribution in [-0.4, -0.2) is 26.6 Å². The van der Waals surface area contributed by atoms with Crippen LogP contribution >= 0.6 is 0 Å². The standard InChI is InChI=1S/C14H18N4O2/c1-2-12-9-14(20)18(11-16-12)8-5-15-13(19)10-17-6-3-4-7-17/h3-4,6-7,9,11H,2,5,8,10H2,1H3,(H,15,19). The number of carbonyl (C=O) groups is 1. The van der Waals surface area contributed by atoms with Crippen LogP contribution in [-0.2, 0) is 24.3 Å². The van der Waals surface area contributed by atoms with E-state index < -0.39 is 0 Å². The molecule has 1 N–H and O–H groups in total. The number of aryl methyl sites for hydroxylation is 1. The molecule has 0 saturated carbocycles. The third kappa shape index (κ3) is 3.81. The number of hydrogen-bond acceptors (Lipinski definition) is 3. The second-order valence-electron chi connectivity index (χ2n) is 4.47. The van der Waals surface area contributed by atoms with E-state index in [4.69, 9.17) is 0 Å². The molecule has 0 bridgehead atoms. The van der Waals surface area contributed by atoms with Crippen molar-refractivity contribution in [2.45, 2.75) is 26.4 Å². The van der Waals surface area contributed by atoms with Gasteiger partial charge in [-0.2, -0.15) is 0 Å². The van der Waals surface area contributed by atoms with E-state index in [9.17, 15) is 9.59 Å². The highest BCUT2D eigenvalue weighted by Crippen LogP contribution is 1.90. The van der Waals surface area contributed by atoms with Gasteiger partial charge in [0.15, 0.2) is 0 Å². The Hall–Kier alpha value is -2.37. The molecule has 20 heavy (non-hydrogen) atoms. The van der Waals surface area contributed by atoms with E-state index >= 15 is 0 Å². The Morgan fingerprint density at radius 2 is 2.10 bits per heavy atom. The molecule has 0 aliphatic carbocycles. The predicted octanol–water partition coefficient (Wildman–Crippen LogP) is 0.424. The molecule has 2 heterocycles. The Bertz CT molecular complexity index is 616. The summed E-state index contributed by atoms with van der Waals surface area (Å²) in [7, 11) is 0. The largest absolute Gasteiger partial charge is 0.353 e. The van der Waals surface area contributed by atoms with Crippen LogP contribution in [0.15, 0.2) is 41.7 Å². The first-order chi connectivity index (χ1) is 9.69. The smallest absolute Gasteiger partial charge is 0.253 e. The molecule has 0 spiro atoms. The van der Waals surface area contributed by atoms with Crippen LogP contribution in [0.3, 0.4) is 0 Å². The van der Waals surface area contributed by atoms with Crippen molar-refractivity contribution in [2.75, 3.05) is 6.54 Å². The van der Waals surface area contributed by atoms with Crippen molar-refractivity contribution >= 4 is 5.91 Å². The van der Waals surface area contributed by atoms with E-state index in [0.29, 0.717) is 13.1 Å². The van der Waals surface area contributed by atoms with Crippen molar-refractivity contribution in [3.63, 3.8) is 0 Å². The van der Waals surface area contributed by atoms with E-state index in [0.717, 1.165) is 12.1 Å². The fraction of sp³-hybridized carbons (Fsp3) is 0.357. The highest BCUT2D eigenvalue weighted by Gasteiger charge is 2.02. The van der Waals surface area contributed by atoms with Crippen molar-refractivity contribution < 1.29 is 4.79 Å². The Labute approximate surface area is 117 Å². The molecule has 6 nitrogen and oxygen atoms in total. The quantitative estimate of drug-likeness (QED) is 0.830. The van der Waals surface area contributed by atoms with Gasteiger partial charge in [-0.15, -0.1) is 0 Å². The number of nitrogens with zero attached hydrogens (tertiary/aromatic N) is 3. The van der Waals surface area contributed by atoms with Gasteiger partial charge >= 0.3 is 0 Å².